The zero-order chi connectivity index (χ0) is 15.0. The van der Waals surface area contributed by atoms with E-state index in [2.05, 4.69) is 40.7 Å². The minimum Gasteiger partial charge on any atom is -0.309 e. The molecule has 0 bridgehead atoms. The minimum atomic E-state index is 0.379. The van der Waals surface area contributed by atoms with E-state index in [0.717, 1.165) is 27.1 Å². The number of hydrogen-bond donors (Lipinski definition) is 0. The van der Waals surface area contributed by atoms with Crippen LogP contribution in [0.4, 0.5) is 0 Å². The second kappa shape index (κ2) is 5.99. The molecule has 2 aromatic heterocycles. The van der Waals surface area contributed by atoms with Crippen LogP contribution < -0.4 is 0 Å². The van der Waals surface area contributed by atoms with Crippen molar-refractivity contribution in [1.29, 1.82) is 0 Å². The molecule has 1 aromatic carbocycles. The predicted molar refractivity (Wildman–Crippen MR) is 91.5 cm³/mol. The number of thioether (sulfide) groups is 1. The monoisotopic (exact) mass is 337 g/mol. The van der Waals surface area contributed by atoms with Crippen molar-refractivity contribution in [2.75, 3.05) is 0 Å². The van der Waals surface area contributed by atoms with Gasteiger partial charge in [0.15, 0.2) is 5.16 Å². The minimum absolute atomic E-state index is 0.379. The maximum atomic E-state index is 6.47. The molecule has 110 valence electrons. The Morgan fingerprint density at radius 3 is 2.71 bits per heavy atom. The third kappa shape index (κ3) is 2.82. The summed E-state index contributed by atoms with van der Waals surface area (Å²) in [5.41, 5.74) is 0. The van der Waals surface area contributed by atoms with Crippen LogP contribution in [0.1, 0.15) is 30.5 Å². The number of halogens is 1. The van der Waals surface area contributed by atoms with Crippen LogP contribution in [0.25, 0.3) is 10.1 Å². The van der Waals surface area contributed by atoms with E-state index in [1.54, 1.807) is 23.1 Å². The molecular weight excluding hydrogens is 322 g/mol. The number of rotatable bonds is 4. The Labute approximate surface area is 137 Å². The van der Waals surface area contributed by atoms with Crippen molar-refractivity contribution in [3.63, 3.8) is 0 Å². The topological polar surface area (TPSA) is 30.7 Å². The van der Waals surface area contributed by atoms with Crippen molar-refractivity contribution in [3.8, 4) is 0 Å². The molecule has 0 saturated heterocycles. The highest BCUT2D eigenvalue weighted by atomic mass is 35.5. The molecule has 0 saturated carbocycles. The molecule has 0 N–H and O–H groups in total. The van der Waals surface area contributed by atoms with Gasteiger partial charge in [0.2, 0.25) is 0 Å². The second-order valence-corrected chi connectivity index (χ2v) is 7.64. The van der Waals surface area contributed by atoms with Crippen molar-refractivity contribution in [2.45, 2.75) is 30.7 Å². The Morgan fingerprint density at radius 1 is 1.29 bits per heavy atom. The lowest BCUT2D eigenvalue weighted by atomic mass is 10.2. The van der Waals surface area contributed by atoms with E-state index in [-0.39, 0.29) is 0 Å². The molecule has 0 aliphatic carbocycles. The van der Waals surface area contributed by atoms with Gasteiger partial charge in [-0.25, -0.2) is 0 Å². The van der Waals surface area contributed by atoms with Gasteiger partial charge in [-0.15, -0.1) is 21.5 Å². The van der Waals surface area contributed by atoms with Crippen molar-refractivity contribution < 1.29 is 0 Å². The molecule has 0 aliphatic rings. The highest BCUT2D eigenvalue weighted by Crippen LogP contribution is 2.38. The summed E-state index contributed by atoms with van der Waals surface area (Å²) in [4.78, 5) is 1.19. The van der Waals surface area contributed by atoms with Gasteiger partial charge in [0.1, 0.15) is 5.82 Å². The van der Waals surface area contributed by atoms with Gasteiger partial charge in [0, 0.05) is 33.7 Å². The van der Waals surface area contributed by atoms with Crippen molar-refractivity contribution in [1.82, 2.24) is 14.8 Å². The molecule has 0 radical (unpaired) electrons. The van der Waals surface area contributed by atoms with Gasteiger partial charge < -0.3 is 4.57 Å². The van der Waals surface area contributed by atoms with Gasteiger partial charge in [-0.1, -0.05) is 55.4 Å². The molecule has 3 aromatic rings. The number of benzene rings is 1. The Kier molecular flexibility index (Phi) is 4.24. The lowest BCUT2D eigenvalue weighted by molar-refractivity contribution is 0.680. The molecule has 0 atom stereocenters. The summed E-state index contributed by atoms with van der Waals surface area (Å²) in [5.74, 6) is 2.21. The Bertz CT molecular complexity index is 776. The van der Waals surface area contributed by atoms with E-state index in [4.69, 9.17) is 11.6 Å². The summed E-state index contributed by atoms with van der Waals surface area (Å²) >= 11 is 9.91. The number of thiophene rings is 1. The van der Waals surface area contributed by atoms with Crippen LogP contribution in [0.2, 0.25) is 5.02 Å². The van der Waals surface area contributed by atoms with Crippen LogP contribution >= 0.6 is 34.7 Å². The molecular formula is C15H16ClN3S2. The first-order valence-corrected chi connectivity index (χ1v) is 8.94. The highest BCUT2D eigenvalue weighted by molar-refractivity contribution is 7.98. The van der Waals surface area contributed by atoms with Gasteiger partial charge in [0.05, 0.1) is 5.02 Å². The maximum Gasteiger partial charge on any atom is 0.191 e. The Morgan fingerprint density at radius 2 is 2.05 bits per heavy atom. The van der Waals surface area contributed by atoms with E-state index in [1.165, 1.54) is 9.58 Å². The Hall–Kier alpha value is -1.04. The predicted octanol–water partition coefficient (Wildman–Crippen LogP) is 5.10. The average molecular weight is 338 g/mol. The van der Waals surface area contributed by atoms with Gasteiger partial charge in [-0.05, 0) is 6.07 Å². The van der Waals surface area contributed by atoms with Crippen LogP contribution in [-0.2, 0) is 12.8 Å². The number of nitrogens with zero attached hydrogens (tertiary/aromatic N) is 3. The largest absolute Gasteiger partial charge is 0.309 e. The van der Waals surface area contributed by atoms with E-state index in [9.17, 15) is 0 Å². The zero-order valence-corrected chi connectivity index (χ0v) is 14.5. The summed E-state index contributed by atoms with van der Waals surface area (Å²) in [5, 5.41) is 11.5. The first-order valence-electron chi connectivity index (χ1n) is 6.76. The maximum absolute atomic E-state index is 6.47. The van der Waals surface area contributed by atoms with Crippen LogP contribution in [0.5, 0.6) is 0 Å². The van der Waals surface area contributed by atoms with E-state index in [1.807, 2.05) is 19.2 Å². The molecule has 2 heterocycles. The molecule has 0 fully saturated rings. The van der Waals surface area contributed by atoms with Gasteiger partial charge >= 0.3 is 0 Å². The normalized spacial score (nSPS) is 11.7. The number of hydrogen-bond acceptors (Lipinski definition) is 4. The highest BCUT2D eigenvalue weighted by Gasteiger charge is 2.14. The summed E-state index contributed by atoms with van der Waals surface area (Å²) in [6.07, 6.45) is 0. The molecule has 3 rings (SSSR count). The second-order valence-electron chi connectivity index (χ2n) is 5.18. The van der Waals surface area contributed by atoms with E-state index < -0.39 is 0 Å². The van der Waals surface area contributed by atoms with Crippen LogP contribution in [0.15, 0.2) is 29.4 Å². The van der Waals surface area contributed by atoms with Crippen molar-refractivity contribution >= 4 is 44.8 Å². The molecule has 0 amide bonds. The van der Waals surface area contributed by atoms with Crippen LogP contribution in [0.3, 0.4) is 0 Å². The lowest BCUT2D eigenvalue weighted by Crippen LogP contribution is -2.00. The van der Waals surface area contributed by atoms with Gasteiger partial charge in [-0.2, -0.15) is 0 Å². The smallest absolute Gasteiger partial charge is 0.191 e. The van der Waals surface area contributed by atoms with Crippen molar-refractivity contribution in [3.05, 3.63) is 40.0 Å². The zero-order valence-electron chi connectivity index (χ0n) is 12.1. The van der Waals surface area contributed by atoms with Gasteiger partial charge in [-0.3, -0.25) is 0 Å². The number of fused-ring (bicyclic) bond motifs is 1. The summed E-state index contributed by atoms with van der Waals surface area (Å²) in [6, 6.07) is 8.25. The first kappa shape index (κ1) is 14.9. The average Bonchev–Trinajstić information content (AvgIpc) is 2.98. The molecule has 0 unspecified atom stereocenters. The fourth-order valence-corrected chi connectivity index (χ4v) is 4.82. The molecule has 0 spiro atoms. The summed E-state index contributed by atoms with van der Waals surface area (Å²) in [7, 11) is 2.02. The standard InChI is InChI=1S/C15H16ClN3S2/c1-9(2)14-17-18-15(19(14)3)20-8-12-13(16)10-6-4-5-7-11(10)21-12/h4-7,9H,8H2,1-3H3. The van der Waals surface area contributed by atoms with Gasteiger partial charge in [0.25, 0.3) is 0 Å². The lowest BCUT2D eigenvalue weighted by Gasteiger charge is -2.05. The third-order valence-corrected chi connectivity index (χ3v) is 6.26. The SMILES string of the molecule is CC(C)c1nnc(SCc2sc3ccccc3c2Cl)n1C. The molecule has 21 heavy (non-hydrogen) atoms. The van der Waals surface area contributed by atoms with Crippen molar-refractivity contribution in [2.24, 2.45) is 7.05 Å². The van der Waals surface area contributed by atoms with E-state index >= 15 is 0 Å². The summed E-state index contributed by atoms with van der Waals surface area (Å²) in [6.45, 7) is 4.25. The fraction of sp³-hybridized carbons (Fsp3) is 0.333. The number of aromatic nitrogens is 3. The fourth-order valence-electron chi connectivity index (χ4n) is 2.24. The molecule has 0 aliphatic heterocycles. The molecule has 6 heteroatoms. The van der Waals surface area contributed by atoms with E-state index in [0.29, 0.717) is 5.92 Å². The molecule has 3 nitrogen and oxygen atoms in total. The third-order valence-electron chi connectivity index (χ3n) is 3.32. The first-order chi connectivity index (χ1) is 10.1. The van der Waals surface area contributed by atoms with Crippen LogP contribution in [-0.4, -0.2) is 14.8 Å². The quantitative estimate of drug-likeness (QED) is 0.620. The Balaban J connectivity index is 1.82. The summed E-state index contributed by atoms with van der Waals surface area (Å²) < 4.78 is 3.30. The van der Waals surface area contributed by atoms with Crippen LogP contribution in [0, 0.1) is 0 Å².